The second-order valence-electron chi connectivity index (χ2n) is 4.45. The molecule has 0 saturated heterocycles. The molecule has 3 heteroatoms. The quantitative estimate of drug-likeness (QED) is 0.728. The molecule has 0 atom stereocenters. The smallest absolute Gasteiger partial charge is 0.275 e. The molecule has 1 fully saturated rings. The Labute approximate surface area is 87.9 Å². The Kier molecular flexibility index (Phi) is 1.75. The molecule has 0 aromatic carbocycles. The highest BCUT2D eigenvalue weighted by molar-refractivity contribution is 5.78. The van der Waals surface area contributed by atoms with Gasteiger partial charge in [0.2, 0.25) is 0 Å². The zero-order chi connectivity index (χ0) is 10.4. The molecule has 15 heavy (non-hydrogen) atoms. The number of aryl methyl sites for hydroxylation is 1. The van der Waals surface area contributed by atoms with E-state index in [2.05, 4.69) is 0 Å². The maximum absolute atomic E-state index is 12.1. The van der Waals surface area contributed by atoms with Crippen LogP contribution in [0.2, 0.25) is 0 Å². The lowest BCUT2D eigenvalue weighted by molar-refractivity contribution is 0.609. The number of rotatable bonds is 2. The van der Waals surface area contributed by atoms with E-state index in [0.717, 1.165) is 23.4 Å². The Balaban J connectivity index is 2.18. The third-order valence-corrected chi connectivity index (χ3v) is 3.15. The summed E-state index contributed by atoms with van der Waals surface area (Å²) >= 11 is 0. The monoisotopic (exact) mass is 202 g/mol. The second-order valence-corrected chi connectivity index (χ2v) is 4.45. The highest BCUT2D eigenvalue weighted by atomic mass is 16.1. The van der Waals surface area contributed by atoms with Crippen LogP contribution in [0, 0.1) is 5.92 Å². The Morgan fingerprint density at radius 3 is 2.80 bits per heavy atom. The molecule has 0 aliphatic heterocycles. The van der Waals surface area contributed by atoms with Crippen LogP contribution in [-0.4, -0.2) is 9.13 Å². The van der Waals surface area contributed by atoms with E-state index in [4.69, 9.17) is 0 Å². The molecule has 2 aromatic heterocycles. The van der Waals surface area contributed by atoms with Crippen molar-refractivity contribution in [1.82, 2.24) is 9.13 Å². The van der Waals surface area contributed by atoms with E-state index in [0.29, 0.717) is 0 Å². The van der Waals surface area contributed by atoms with Gasteiger partial charge in [0.15, 0.2) is 0 Å². The van der Waals surface area contributed by atoms with Crippen LogP contribution in [0.5, 0.6) is 0 Å². The average Bonchev–Trinajstić information content (AvgIpc) is 2.95. The van der Waals surface area contributed by atoms with Gasteiger partial charge >= 0.3 is 0 Å². The lowest BCUT2D eigenvalue weighted by atomic mass is 10.3. The van der Waals surface area contributed by atoms with Gasteiger partial charge in [-0.2, -0.15) is 0 Å². The molecular formula is C12H14N2O. The highest BCUT2D eigenvalue weighted by Gasteiger charge is 2.22. The first kappa shape index (κ1) is 8.77. The number of hydrogen-bond acceptors (Lipinski definition) is 1. The van der Waals surface area contributed by atoms with Gasteiger partial charge in [-0.05, 0) is 30.9 Å². The molecule has 1 aliphatic rings. The van der Waals surface area contributed by atoms with Crippen molar-refractivity contribution in [2.24, 2.45) is 13.0 Å². The van der Waals surface area contributed by atoms with Gasteiger partial charge < -0.3 is 9.13 Å². The molecule has 0 spiro atoms. The molecule has 78 valence electrons. The Morgan fingerprint density at radius 1 is 1.33 bits per heavy atom. The number of aromatic nitrogens is 2. The summed E-state index contributed by atoms with van der Waals surface area (Å²) in [5.74, 6) is 0.736. The van der Waals surface area contributed by atoms with E-state index >= 15 is 0 Å². The third-order valence-electron chi connectivity index (χ3n) is 3.15. The molecule has 1 aliphatic carbocycles. The summed E-state index contributed by atoms with van der Waals surface area (Å²) in [6, 6.07) is 4.01. The second kappa shape index (κ2) is 2.99. The van der Waals surface area contributed by atoms with Crippen LogP contribution in [0.1, 0.15) is 12.8 Å². The SMILES string of the molecule is Cn1ccc2ccn(CC3CC3)c(=O)c21. The topological polar surface area (TPSA) is 26.9 Å². The Bertz CT molecular complexity index is 560. The van der Waals surface area contributed by atoms with Crippen molar-refractivity contribution < 1.29 is 0 Å². The minimum absolute atomic E-state index is 0.145. The van der Waals surface area contributed by atoms with E-state index in [-0.39, 0.29) is 5.56 Å². The van der Waals surface area contributed by atoms with Crippen molar-refractivity contribution in [2.45, 2.75) is 19.4 Å². The van der Waals surface area contributed by atoms with Gasteiger partial charge in [0, 0.05) is 31.4 Å². The molecule has 1 saturated carbocycles. The van der Waals surface area contributed by atoms with Gasteiger partial charge in [-0.1, -0.05) is 0 Å². The number of pyridine rings is 1. The lowest BCUT2D eigenvalue weighted by Crippen LogP contribution is -2.21. The van der Waals surface area contributed by atoms with E-state index in [1.807, 2.05) is 40.7 Å². The van der Waals surface area contributed by atoms with Crippen molar-refractivity contribution in [3.63, 3.8) is 0 Å². The van der Waals surface area contributed by atoms with Crippen LogP contribution in [0.3, 0.4) is 0 Å². The molecule has 0 amide bonds. The zero-order valence-corrected chi connectivity index (χ0v) is 8.81. The average molecular weight is 202 g/mol. The molecule has 0 unspecified atom stereocenters. The fourth-order valence-corrected chi connectivity index (χ4v) is 2.05. The van der Waals surface area contributed by atoms with Crippen LogP contribution in [0.15, 0.2) is 29.3 Å². The molecule has 2 heterocycles. The van der Waals surface area contributed by atoms with Gasteiger partial charge in [-0.25, -0.2) is 0 Å². The minimum atomic E-state index is 0.145. The van der Waals surface area contributed by atoms with Gasteiger partial charge in [0.25, 0.3) is 5.56 Å². The van der Waals surface area contributed by atoms with Gasteiger partial charge in [0.05, 0.1) is 0 Å². The number of nitrogens with zero attached hydrogens (tertiary/aromatic N) is 2. The normalized spacial score (nSPS) is 16.1. The summed E-state index contributed by atoms with van der Waals surface area (Å²) in [5, 5.41) is 1.04. The summed E-state index contributed by atoms with van der Waals surface area (Å²) < 4.78 is 3.75. The molecule has 0 radical (unpaired) electrons. The van der Waals surface area contributed by atoms with Crippen LogP contribution in [-0.2, 0) is 13.6 Å². The molecule has 0 bridgehead atoms. The van der Waals surface area contributed by atoms with E-state index in [9.17, 15) is 4.79 Å². The van der Waals surface area contributed by atoms with Gasteiger partial charge in [-0.15, -0.1) is 0 Å². The van der Waals surface area contributed by atoms with Gasteiger partial charge in [0.1, 0.15) is 5.52 Å². The van der Waals surface area contributed by atoms with Crippen LogP contribution >= 0.6 is 0 Å². The number of hydrogen-bond donors (Lipinski definition) is 0. The molecule has 3 nitrogen and oxygen atoms in total. The summed E-state index contributed by atoms with van der Waals surface area (Å²) in [7, 11) is 1.92. The summed E-state index contributed by atoms with van der Waals surface area (Å²) in [4.78, 5) is 12.1. The third kappa shape index (κ3) is 1.39. The summed E-state index contributed by atoms with van der Waals surface area (Å²) in [6.07, 6.45) is 6.41. The molecule has 3 rings (SSSR count). The van der Waals surface area contributed by atoms with Crippen molar-refractivity contribution in [3.8, 4) is 0 Å². The first-order chi connectivity index (χ1) is 7.25. The minimum Gasteiger partial charge on any atom is -0.346 e. The zero-order valence-electron chi connectivity index (χ0n) is 8.81. The largest absolute Gasteiger partial charge is 0.346 e. The Morgan fingerprint density at radius 2 is 2.07 bits per heavy atom. The van der Waals surface area contributed by atoms with Gasteiger partial charge in [-0.3, -0.25) is 4.79 Å². The summed E-state index contributed by atoms with van der Waals surface area (Å²) in [5.41, 5.74) is 0.963. The van der Waals surface area contributed by atoms with Crippen molar-refractivity contribution in [1.29, 1.82) is 0 Å². The lowest BCUT2D eigenvalue weighted by Gasteiger charge is -2.05. The van der Waals surface area contributed by atoms with E-state index < -0.39 is 0 Å². The molecular weight excluding hydrogens is 188 g/mol. The predicted molar refractivity (Wildman–Crippen MR) is 59.9 cm³/mol. The van der Waals surface area contributed by atoms with Crippen LogP contribution in [0.25, 0.3) is 10.9 Å². The Hall–Kier alpha value is -1.51. The van der Waals surface area contributed by atoms with Crippen molar-refractivity contribution in [3.05, 3.63) is 34.9 Å². The first-order valence-corrected chi connectivity index (χ1v) is 5.40. The molecule has 0 N–H and O–H groups in total. The van der Waals surface area contributed by atoms with Crippen molar-refractivity contribution in [2.75, 3.05) is 0 Å². The van der Waals surface area contributed by atoms with Crippen LogP contribution in [0.4, 0.5) is 0 Å². The maximum Gasteiger partial charge on any atom is 0.275 e. The predicted octanol–water partition coefficient (Wildman–Crippen LogP) is 1.75. The molecule has 2 aromatic rings. The van der Waals surface area contributed by atoms with E-state index in [1.165, 1.54) is 12.8 Å². The first-order valence-electron chi connectivity index (χ1n) is 5.40. The number of fused-ring (bicyclic) bond motifs is 1. The standard InChI is InChI=1S/C12H14N2O/c1-13-6-4-10-5-7-14(8-9-2-3-9)12(15)11(10)13/h4-7,9H,2-3,8H2,1H3. The van der Waals surface area contributed by atoms with E-state index in [1.54, 1.807) is 0 Å². The fraction of sp³-hybridized carbons (Fsp3) is 0.417. The maximum atomic E-state index is 12.1. The van der Waals surface area contributed by atoms with Crippen LogP contribution < -0.4 is 5.56 Å². The highest BCUT2D eigenvalue weighted by Crippen LogP contribution is 2.30. The van der Waals surface area contributed by atoms with Crippen molar-refractivity contribution >= 4 is 10.9 Å². The summed E-state index contributed by atoms with van der Waals surface area (Å²) in [6.45, 7) is 0.889. The fourth-order valence-electron chi connectivity index (χ4n) is 2.05.